The second-order valence-electron chi connectivity index (χ2n) is 9.19. The van der Waals surface area contributed by atoms with Gasteiger partial charge in [-0.3, -0.25) is 9.13 Å². The maximum absolute atomic E-state index is 14.2. The van der Waals surface area contributed by atoms with Crippen molar-refractivity contribution in [3.63, 3.8) is 0 Å². The number of aromatic nitrogens is 3. The number of benzene rings is 2. The maximum Gasteiger partial charge on any atom is 0.407 e. The fourth-order valence-corrected chi connectivity index (χ4v) is 5.71. The van der Waals surface area contributed by atoms with Crippen LogP contribution in [0.25, 0.3) is 21.9 Å². The summed E-state index contributed by atoms with van der Waals surface area (Å²) in [6, 6.07) is 11.1. The lowest BCUT2D eigenvalue weighted by atomic mass is 10.1. The van der Waals surface area contributed by atoms with Crippen molar-refractivity contribution in [2.24, 2.45) is 0 Å². The number of carboxylic acid groups (broad SMARTS) is 1. The Hall–Kier alpha value is -3.31. The first-order valence-electron chi connectivity index (χ1n) is 11.4. The molecule has 0 radical (unpaired) electrons. The highest BCUT2D eigenvalue weighted by Crippen LogP contribution is 2.28. The summed E-state index contributed by atoms with van der Waals surface area (Å²) >= 11 is 6.19. The van der Waals surface area contributed by atoms with Crippen LogP contribution < -0.4 is 5.69 Å². The molecule has 9 nitrogen and oxygen atoms in total. The molecule has 1 saturated heterocycles. The third-order valence-corrected chi connectivity index (χ3v) is 7.85. The average molecular weight is 535 g/mol. The minimum absolute atomic E-state index is 0.0198. The van der Waals surface area contributed by atoms with Crippen molar-refractivity contribution in [3.05, 3.63) is 69.5 Å². The van der Waals surface area contributed by atoms with E-state index in [-0.39, 0.29) is 37.1 Å². The van der Waals surface area contributed by atoms with Crippen LogP contribution >= 0.6 is 11.6 Å². The molecule has 1 amide bonds. The Morgan fingerprint density at radius 2 is 1.81 bits per heavy atom. The number of halogens is 2. The highest BCUT2D eigenvalue weighted by Gasteiger charge is 2.34. The average Bonchev–Trinajstić information content (AvgIpc) is 3.21. The molecule has 5 rings (SSSR count). The summed E-state index contributed by atoms with van der Waals surface area (Å²) < 4.78 is 42.6. The topological polar surface area (TPSA) is 107 Å². The molecule has 4 aromatic rings. The molecule has 0 bridgehead atoms. The zero-order chi connectivity index (χ0) is 25.8. The minimum Gasteiger partial charge on any atom is -0.465 e. The highest BCUT2D eigenvalue weighted by atomic mass is 35.5. The number of amides is 1. The highest BCUT2D eigenvalue weighted by molar-refractivity contribution is 7.90. The lowest BCUT2D eigenvalue weighted by Gasteiger charge is -2.37. The first-order chi connectivity index (χ1) is 17.0. The summed E-state index contributed by atoms with van der Waals surface area (Å²) in [6.07, 6.45) is 0.527. The van der Waals surface area contributed by atoms with E-state index in [9.17, 15) is 27.5 Å². The number of likely N-dealkylation sites (tertiary alicyclic amines) is 1. The molecule has 1 N–H and O–H groups in total. The lowest BCUT2D eigenvalue weighted by Crippen LogP contribution is -2.52. The van der Waals surface area contributed by atoms with Gasteiger partial charge in [0.2, 0.25) is 0 Å². The van der Waals surface area contributed by atoms with Crippen molar-refractivity contribution in [1.29, 1.82) is 0 Å². The van der Waals surface area contributed by atoms with Gasteiger partial charge in [0.15, 0.2) is 0 Å². The van der Waals surface area contributed by atoms with E-state index >= 15 is 0 Å². The summed E-state index contributed by atoms with van der Waals surface area (Å²) in [7, 11) is -3.14. The molecule has 1 fully saturated rings. The smallest absolute Gasteiger partial charge is 0.407 e. The van der Waals surface area contributed by atoms with Gasteiger partial charge in [0.25, 0.3) is 0 Å². The SMILES string of the molecule is CS(=O)(=O)CCCn1c(Cn2c(=O)n(C3CN(C(=O)O)C3)c3ccc(F)cc32)cc2cc(Cl)ccc21. The standard InChI is InChI=1S/C24H24ClFN4O5S/c1-36(34,35)8-2-7-28-18(10-15-9-16(25)3-5-20(15)28)14-29-22-11-17(26)4-6-21(22)30(23(29)31)19-12-27(13-19)24(32)33/h3-6,9-11,19H,2,7-8,12-14H2,1H3,(H,32,33). The van der Waals surface area contributed by atoms with Gasteiger partial charge in [-0.05, 0) is 48.9 Å². The van der Waals surface area contributed by atoms with Gasteiger partial charge in [-0.15, -0.1) is 0 Å². The van der Waals surface area contributed by atoms with Crippen LogP contribution in [0.5, 0.6) is 0 Å². The van der Waals surface area contributed by atoms with Gasteiger partial charge in [0.1, 0.15) is 15.7 Å². The molecule has 36 heavy (non-hydrogen) atoms. The first-order valence-corrected chi connectivity index (χ1v) is 13.8. The van der Waals surface area contributed by atoms with Gasteiger partial charge in [-0.25, -0.2) is 22.4 Å². The Labute approximate surface area is 210 Å². The molecule has 2 aromatic carbocycles. The number of fused-ring (bicyclic) bond motifs is 2. The second-order valence-corrected chi connectivity index (χ2v) is 11.9. The van der Waals surface area contributed by atoms with Crippen LogP contribution in [0, 0.1) is 5.82 Å². The van der Waals surface area contributed by atoms with E-state index < -0.39 is 21.7 Å². The Bertz CT molecular complexity index is 1670. The zero-order valence-electron chi connectivity index (χ0n) is 19.4. The predicted molar refractivity (Wildman–Crippen MR) is 135 cm³/mol. The van der Waals surface area contributed by atoms with E-state index in [0.717, 1.165) is 16.6 Å². The third-order valence-electron chi connectivity index (χ3n) is 6.59. The van der Waals surface area contributed by atoms with Crippen LogP contribution in [0.2, 0.25) is 5.02 Å². The van der Waals surface area contributed by atoms with Gasteiger partial charge < -0.3 is 14.6 Å². The molecule has 1 aliphatic rings. The number of imidazole rings is 1. The predicted octanol–water partition coefficient (Wildman–Crippen LogP) is 3.57. The van der Waals surface area contributed by atoms with E-state index in [4.69, 9.17) is 11.6 Å². The van der Waals surface area contributed by atoms with Crippen molar-refractivity contribution in [2.45, 2.75) is 25.6 Å². The number of sulfone groups is 1. The van der Waals surface area contributed by atoms with Crippen LogP contribution in [-0.4, -0.2) is 63.3 Å². The Balaban J connectivity index is 1.58. The molecule has 3 heterocycles. The van der Waals surface area contributed by atoms with E-state index in [1.54, 1.807) is 12.1 Å². The molecule has 0 unspecified atom stereocenters. The van der Waals surface area contributed by atoms with Gasteiger partial charge in [-0.1, -0.05) is 11.6 Å². The van der Waals surface area contributed by atoms with Gasteiger partial charge in [-0.2, -0.15) is 0 Å². The van der Waals surface area contributed by atoms with Crippen LogP contribution in [0.1, 0.15) is 18.2 Å². The van der Waals surface area contributed by atoms with Gasteiger partial charge in [0, 0.05) is 47.5 Å². The lowest BCUT2D eigenvalue weighted by molar-refractivity contribution is 0.0856. The maximum atomic E-state index is 14.2. The zero-order valence-corrected chi connectivity index (χ0v) is 21.0. The molecule has 0 spiro atoms. The van der Waals surface area contributed by atoms with Crippen LogP contribution in [0.4, 0.5) is 9.18 Å². The molecule has 0 atom stereocenters. The number of aryl methyl sites for hydroxylation is 1. The number of hydrogen-bond acceptors (Lipinski definition) is 4. The fourth-order valence-electron chi connectivity index (χ4n) is 4.87. The molecular formula is C24H24ClFN4O5S. The van der Waals surface area contributed by atoms with E-state index in [0.29, 0.717) is 29.0 Å². The summed E-state index contributed by atoms with van der Waals surface area (Å²) in [5.74, 6) is -0.471. The van der Waals surface area contributed by atoms with Crippen molar-refractivity contribution >= 4 is 49.5 Å². The van der Waals surface area contributed by atoms with E-state index in [1.807, 2.05) is 16.7 Å². The summed E-state index contributed by atoms with van der Waals surface area (Å²) in [6.45, 7) is 0.879. The summed E-state index contributed by atoms with van der Waals surface area (Å²) in [4.78, 5) is 26.0. The second kappa shape index (κ2) is 8.97. The van der Waals surface area contributed by atoms with Crippen molar-refractivity contribution in [3.8, 4) is 0 Å². The number of hydrogen-bond donors (Lipinski definition) is 1. The van der Waals surface area contributed by atoms with Gasteiger partial charge >= 0.3 is 11.8 Å². The summed E-state index contributed by atoms with van der Waals surface area (Å²) in [5.41, 5.74) is 2.16. The normalized spacial score (nSPS) is 14.6. The molecule has 12 heteroatoms. The Morgan fingerprint density at radius 3 is 2.50 bits per heavy atom. The molecule has 2 aromatic heterocycles. The monoisotopic (exact) mass is 534 g/mol. The number of rotatable bonds is 7. The third kappa shape index (κ3) is 4.48. The van der Waals surface area contributed by atoms with Crippen molar-refractivity contribution < 1.29 is 22.7 Å². The largest absolute Gasteiger partial charge is 0.465 e. The number of nitrogens with zero attached hydrogens (tertiary/aromatic N) is 4. The van der Waals surface area contributed by atoms with Gasteiger partial charge in [0.05, 0.1) is 29.4 Å². The van der Waals surface area contributed by atoms with Crippen LogP contribution in [0.15, 0.2) is 47.3 Å². The number of carbonyl (C=O) groups is 1. The molecular weight excluding hydrogens is 511 g/mol. The minimum atomic E-state index is -3.14. The van der Waals surface area contributed by atoms with Crippen molar-refractivity contribution in [2.75, 3.05) is 25.1 Å². The molecule has 1 aliphatic heterocycles. The molecule has 190 valence electrons. The van der Waals surface area contributed by atoms with Crippen LogP contribution in [-0.2, 0) is 22.9 Å². The van der Waals surface area contributed by atoms with Crippen LogP contribution in [0.3, 0.4) is 0 Å². The first kappa shape index (κ1) is 24.4. The van der Waals surface area contributed by atoms with E-state index in [2.05, 4.69) is 0 Å². The molecule has 0 saturated carbocycles. The summed E-state index contributed by atoms with van der Waals surface area (Å²) in [5, 5.41) is 10.6. The quantitative estimate of drug-likeness (QED) is 0.390. The van der Waals surface area contributed by atoms with Crippen molar-refractivity contribution in [1.82, 2.24) is 18.6 Å². The molecule has 0 aliphatic carbocycles. The fraction of sp³-hybridized carbons (Fsp3) is 0.333. The van der Waals surface area contributed by atoms with E-state index in [1.165, 1.54) is 38.5 Å². The Kier molecular flexibility index (Phi) is 6.08. The Morgan fingerprint density at radius 1 is 1.08 bits per heavy atom.